The van der Waals surface area contributed by atoms with Crippen molar-refractivity contribution in [3.63, 3.8) is 0 Å². The average Bonchev–Trinajstić information content (AvgIpc) is 2.42. The highest BCUT2D eigenvalue weighted by Gasteiger charge is 2.14. The third-order valence-electron chi connectivity index (χ3n) is 2.79. The summed E-state index contributed by atoms with van der Waals surface area (Å²) in [6, 6.07) is 13.4. The monoisotopic (exact) mass is 241 g/mol. The van der Waals surface area contributed by atoms with Gasteiger partial charge in [-0.2, -0.15) is 0 Å². The summed E-state index contributed by atoms with van der Waals surface area (Å²) in [6.07, 6.45) is 2.45. The molecule has 1 unspecified atom stereocenters. The first-order chi connectivity index (χ1) is 8.81. The molecule has 92 valence electrons. The summed E-state index contributed by atoms with van der Waals surface area (Å²) >= 11 is 0. The molecule has 1 heterocycles. The molecule has 4 nitrogen and oxygen atoms in total. The molecule has 2 aromatic rings. The topological polar surface area (TPSA) is 68.0 Å². The lowest BCUT2D eigenvalue weighted by Gasteiger charge is -2.16. The van der Waals surface area contributed by atoms with E-state index in [0.29, 0.717) is 13.0 Å². The normalized spacial score (nSPS) is 11.8. The van der Waals surface area contributed by atoms with Gasteiger partial charge in [-0.3, -0.25) is 9.78 Å². The number of rotatable bonds is 5. The van der Waals surface area contributed by atoms with Gasteiger partial charge in [-0.05, 0) is 29.8 Å². The molecule has 0 aliphatic heterocycles. The number of nitrogens with two attached hydrogens (primary N) is 1. The van der Waals surface area contributed by atoms with E-state index in [-0.39, 0.29) is 5.92 Å². The molecular formula is C14H15N3O. The molecule has 0 bridgehead atoms. The van der Waals surface area contributed by atoms with Crippen LogP contribution in [0.25, 0.3) is 0 Å². The number of carbonyl (C=O) groups is 1. The van der Waals surface area contributed by atoms with E-state index in [4.69, 9.17) is 5.73 Å². The van der Waals surface area contributed by atoms with Crippen LogP contribution in [0.4, 0.5) is 5.69 Å². The Hall–Kier alpha value is -2.36. The van der Waals surface area contributed by atoms with E-state index in [1.807, 2.05) is 42.5 Å². The Morgan fingerprint density at radius 1 is 1.22 bits per heavy atom. The molecule has 1 aromatic carbocycles. The van der Waals surface area contributed by atoms with Crippen LogP contribution in [-0.4, -0.2) is 17.9 Å². The maximum Gasteiger partial charge on any atom is 0.207 e. The van der Waals surface area contributed by atoms with Gasteiger partial charge in [-0.1, -0.05) is 18.2 Å². The maximum absolute atomic E-state index is 10.5. The van der Waals surface area contributed by atoms with Gasteiger partial charge in [0, 0.05) is 30.0 Å². The number of anilines is 1. The highest BCUT2D eigenvalue weighted by Crippen LogP contribution is 2.22. The Bertz CT molecular complexity index is 496. The molecule has 18 heavy (non-hydrogen) atoms. The summed E-state index contributed by atoms with van der Waals surface area (Å²) in [4.78, 5) is 14.8. The summed E-state index contributed by atoms with van der Waals surface area (Å²) in [5.74, 6) is 0.0389. The summed E-state index contributed by atoms with van der Waals surface area (Å²) in [5.41, 5.74) is 8.41. The van der Waals surface area contributed by atoms with Gasteiger partial charge in [0.15, 0.2) is 0 Å². The van der Waals surface area contributed by atoms with Gasteiger partial charge in [-0.15, -0.1) is 0 Å². The fourth-order valence-electron chi connectivity index (χ4n) is 1.87. The van der Waals surface area contributed by atoms with Gasteiger partial charge in [0.25, 0.3) is 0 Å². The van der Waals surface area contributed by atoms with Crippen LogP contribution in [0.2, 0.25) is 0 Å². The van der Waals surface area contributed by atoms with E-state index in [1.165, 1.54) is 0 Å². The summed E-state index contributed by atoms with van der Waals surface area (Å²) in [6.45, 7) is 0.518. The first kappa shape index (κ1) is 12.1. The quantitative estimate of drug-likeness (QED) is 0.616. The second-order valence-electron chi connectivity index (χ2n) is 4.00. The third-order valence-corrected chi connectivity index (χ3v) is 2.79. The van der Waals surface area contributed by atoms with Crippen LogP contribution in [0, 0.1) is 0 Å². The number of nitrogen functional groups attached to an aromatic ring is 1. The molecule has 0 radical (unpaired) electrons. The molecule has 0 saturated carbocycles. The molecule has 3 N–H and O–H groups in total. The standard InChI is InChI=1S/C14H15N3O/c15-12-6-4-11(5-7-12)13(9-16-10-18)14-3-1-2-8-17-14/h1-8,10,13H,9,15H2,(H,16,18). The van der Waals surface area contributed by atoms with Crippen molar-refractivity contribution in [1.82, 2.24) is 10.3 Å². The smallest absolute Gasteiger partial charge is 0.207 e. The number of benzene rings is 1. The van der Waals surface area contributed by atoms with Gasteiger partial charge in [0.1, 0.15) is 0 Å². The molecular weight excluding hydrogens is 226 g/mol. The lowest BCUT2D eigenvalue weighted by molar-refractivity contribution is -0.109. The van der Waals surface area contributed by atoms with Gasteiger partial charge in [-0.25, -0.2) is 0 Å². The molecule has 0 fully saturated rings. The van der Waals surface area contributed by atoms with Gasteiger partial charge < -0.3 is 11.1 Å². The average molecular weight is 241 g/mol. The molecule has 1 aromatic heterocycles. The van der Waals surface area contributed by atoms with Crippen LogP contribution < -0.4 is 11.1 Å². The number of amides is 1. The van der Waals surface area contributed by atoms with Crippen molar-refractivity contribution in [2.75, 3.05) is 12.3 Å². The van der Waals surface area contributed by atoms with Crippen molar-refractivity contribution >= 4 is 12.1 Å². The van der Waals surface area contributed by atoms with E-state index in [0.717, 1.165) is 16.9 Å². The van der Waals surface area contributed by atoms with Crippen LogP contribution >= 0.6 is 0 Å². The Kier molecular flexibility index (Phi) is 3.91. The maximum atomic E-state index is 10.5. The van der Waals surface area contributed by atoms with Crippen molar-refractivity contribution in [3.05, 3.63) is 59.9 Å². The number of hydrogen-bond donors (Lipinski definition) is 2. The fraction of sp³-hybridized carbons (Fsp3) is 0.143. The van der Waals surface area contributed by atoms with Crippen molar-refractivity contribution in [2.45, 2.75) is 5.92 Å². The lowest BCUT2D eigenvalue weighted by Crippen LogP contribution is -2.21. The first-order valence-electron chi connectivity index (χ1n) is 5.74. The number of nitrogens with one attached hydrogen (secondary N) is 1. The SMILES string of the molecule is Nc1ccc(C(CNC=O)c2ccccn2)cc1. The van der Waals surface area contributed by atoms with Gasteiger partial charge in [0.05, 0.1) is 0 Å². The second-order valence-corrected chi connectivity index (χ2v) is 4.00. The molecule has 0 aliphatic carbocycles. The van der Waals surface area contributed by atoms with Crippen LogP contribution in [0.3, 0.4) is 0 Å². The molecule has 1 amide bonds. The largest absolute Gasteiger partial charge is 0.399 e. The summed E-state index contributed by atoms with van der Waals surface area (Å²) < 4.78 is 0. The zero-order chi connectivity index (χ0) is 12.8. The number of aromatic nitrogens is 1. The highest BCUT2D eigenvalue weighted by atomic mass is 16.1. The van der Waals surface area contributed by atoms with E-state index in [1.54, 1.807) is 6.20 Å². The van der Waals surface area contributed by atoms with Crippen molar-refractivity contribution in [2.24, 2.45) is 0 Å². The Morgan fingerprint density at radius 3 is 2.61 bits per heavy atom. The zero-order valence-electron chi connectivity index (χ0n) is 9.91. The second kappa shape index (κ2) is 5.82. The van der Waals surface area contributed by atoms with Crippen molar-refractivity contribution in [1.29, 1.82) is 0 Å². The highest BCUT2D eigenvalue weighted by molar-refractivity contribution is 5.47. The molecule has 4 heteroatoms. The molecule has 0 aliphatic rings. The predicted octanol–water partition coefficient (Wildman–Crippen LogP) is 1.54. The van der Waals surface area contributed by atoms with Crippen molar-refractivity contribution in [3.8, 4) is 0 Å². The Morgan fingerprint density at radius 2 is 2.00 bits per heavy atom. The van der Waals surface area contributed by atoms with E-state index in [2.05, 4.69) is 10.3 Å². The first-order valence-corrected chi connectivity index (χ1v) is 5.74. The molecule has 0 saturated heterocycles. The summed E-state index contributed by atoms with van der Waals surface area (Å²) in [5, 5.41) is 2.71. The van der Waals surface area contributed by atoms with Crippen molar-refractivity contribution < 1.29 is 4.79 Å². The number of pyridine rings is 1. The third kappa shape index (κ3) is 2.85. The van der Waals surface area contributed by atoms with E-state index in [9.17, 15) is 4.79 Å². The lowest BCUT2D eigenvalue weighted by atomic mass is 9.95. The van der Waals surface area contributed by atoms with Gasteiger partial charge in [0.2, 0.25) is 6.41 Å². The minimum Gasteiger partial charge on any atom is -0.399 e. The Labute approximate surface area is 106 Å². The number of nitrogens with zero attached hydrogens (tertiary/aromatic N) is 1. The van der Waals surface area contributed by atoms with Crippen LogP contribution in [0.1, 0.15) is 17.2 Å². The summed E-state index contributed by atoms with van der Waals surface area (Å²) in [7, 11) is 0. The van der Waals surface area contributed by atoms with Crippen LogP contribution in [0.5, 0.6) is 0 Å². The van der Waals surface area contributed by atoms with Gasteiger partial charge >= 0.3 is 0 Å². The van der Waals surface area contributed by atoms with E-state index < -0.39 is 0 Å². The minimum atomic E-state index is 0.0389. The Balaban J connectivity index is 2.30. The van der Waals surface area contributed by atoms with Crippen LogP contribution in [-0.2, 0) is 4.79 Å². The number of carbonyl (C=O) groups excluding carboxylic acids is 1. The van der Waals surface area contributed by atoms with E-state index >= 15 is 0 Å². The molecule has 0 spiro atoms. The fourth-order valence-corrected chi connectivity index (χ4v) is 1.87. The minimum absolute atomic E-state index is 0.0389. The molecule has 2 rings (SSSR count). The zero-order valence-corrected chi connectivity index (χ0v) is 9.91. The molecule has 1 atom stereocenters. The van der Waals surface area contributed by atoms with Crippen LogP contribution in [0.15, 0.2) is 48.7 Å². The predicted molar refractivity (Wildman–Crippen MR) is 71.0 cm³/mol. The number of hydrogen-bond acceptors (Lipinski definition) is 3.